The molecule has 1 saturated heterocycles. The SMILES string of the molecule is CN=C(NCc1cc(F)ccc1F)NCC1CCN(C2CC2)C1.I. The van der Waals surface area contributed by atoms with Crippen LogP contribution in [0, 0.1) is 17.6 Å². The van der Waals surface area contributed by atoms with Gasteiger partial charge in [-0.05, 0) is 49.9 Å². The molecule has 7 heteroatoms. The first-order valence-electron chi connectivity index (χ1n) is 8.28. The van der Waals surface area contributed by atoms with Gasteiger partial charge in [0, 0.05) is 38.3 Å². The molecule has 1 aliphatic carbocycles. The second-order valence-electron chi connectivity index (χ2n) is 6.42. The van der Waals surface area contributed by atoms with Gasteiger partial charge in [0.1, 0.15) is 11.6 Å². The topological polar surface area (TPSA) is 39.7 Å². The van der Waals surface area contributed by atoms with Crippen molar-refractivity contribution < 1.29 is 8.78 Å². The van der Waals surface area contributed by atoms with Crippen molar-refractivity contribution in [1.29, 1.82) is 0 Å². The van der Waals surface area contributed by atoms with Gasteiger partial charge in [-0.1, -0.05) is 0 Å². The van der Waals surface area contributed by atoms with E-state index >= 15 is 0 Å². The van der Waals surface area contributed by atoms with Crippen LogP contribution in [0.4, 0.5) is 8.78 Å². The third-order valence-corrected chi connectivity index (χ3v) is 4.62. The Kier molecular flexibility index (Phi) is 7.21. The smallest absolute Gasteiger partial charge is 0.191 e. The Hall–Kier alpha value is -0.960. The monoisotopic (exact) mass is 450 g/mol. The zero-order chi connectivity index (χ0) is 16.2. The number of benzene rings is 1. The van der Waals surface area contributed by atoms with Crippen molar-refractivity contribution in [2.24, 2.45) is 10.9 Å². The van der Waals surface area contributed by atoms with Crippen molar-refractivity contribution in [3.63, 3.8) is 0 Å². The zero-order valence-electron chi connectivity index (χ0n) is 13.9. The summed E-state index contributed by atoms with van der Waals surface area (Å²) in [6, 6.07) is 4.30. The number of nitrogens with zero attached hydrogens (tertiary/aromatic N) is 2. The number of hydrogen-bond acceptors (Lipinski definition) is 2. The Morgan fingerprint density at radius 1 is 1.25 bits per heavy atom. The van der Waals surface area contributed by atoms with Crippen molar-refractivity contribution in [3.05, 3.63) is 35.4 Å². The van der Waals surface area contributed by atoms with E-state index in [4.69, 9.17) is 0 Å². The number of rotatable bonds is 5. The Labute approximate surface area is 159 Å². The van der Waals surface area contributed by atoms with E-state index in [2.05, 4.69) is 20.5 Å². The number of nitrogens with one attached hydrogen (secondary N) is 2. The largest absolute Gasteiger partial charge is 0.356 e. The lowest BCUT2D eigenvalue weighted by Gasteiger charge is -2.17. The predicted molar refractivity (Wildman–Crippen MR) is 103 cm³/mol. The van der Waals surface area contributed by atoms with Gasteiger partial charge in [0.25, 0.3) is 0 Å². The maximum Gasteiger partial charge on any atom is 0.191 e. The molecule has 1 unspecified atom stereocenters. The van der Waals surface area contributed by atoms with Gasteiger partial charge >= 0.3 is 0 Å². The molecule has 24 heavy (non-hydrogen) atoms. The van der Waals surface area contributed by atoms with Crippen molar-refractivity contribution in [3.8, 4) is 0 Å². The summed E-state index contributed by atoms with van der Waals surface area (Å²) in [7, 11) is 1.68. The van der Waals surface area contributed by atoms with E-state index in [-0.39, 0.29) is 30.5 Å². The molecule has 2 fully saturated rings. The molecule has 1 aliphatic heterocycles. The highest BCUT2D eigenvalue weighted by atomic mass is 127. The van der Waals surface area contributed by atoms with Crippen molar-refractivity contribution in [1.82, 2.24) is 15.5 Å². The van der Waals surface area contributed by atoms with Crippen LogP contribution in [0.25, 0.3) is 0 Å². The minimum atomic E-state index is -0.433. The molecule has 3 rings (SSSR count). The summed E-state index contributed by atoms with van der Waals surface area (Å²) in [5.41, 5.74) is 0.300. The minimum absolute atomic E-state index is 0. The van der Waals surface area contributed by atoms with E-state index in [1.165, 1.54) is 31.9 Å². The molecule has 0 amide bonds. The molecule has 2 N–H and O–H groups in total. The maximum absolute atomic E-state index is 13.6. The van der Waals surface area contributed by atoms with Crippen molar-refractivity contribution >= 4 is 29.9 Å². The molecular formula is C17H25F2IN4. The van der Waals surface area contributed by atoms with Crippen LogP contribution in [0.1, 0.15) is 24.8 Å². The Bertz CT molecular complexity index is 578. The van der Waals surface area contributed by atoms with Crippen LogP contribution in [0.3, 0.4) is 0 Å². The molecule has 2 aliphatic rings. The molecule has 4 nitrogen and oxygen atoms in total. The molecule has 1 aromatic carbocycles. The first kappa shape index (κ1) is 19.4. The van der Waals surface area contributed by atoms with Crippen LogP contribution < -0.4 is 10.6 Å². The van der Waals surface area contributed by atoms with Gasteiger partial charge in [0.15, 0.2) is 5.96 Å². The van der Waals surface area contributed by atoms with Crippen LogP contribution in [0.2, 0.25) is 0 Å². The molecular weight excluding hydrogens is 425 g/mol. The number of likely N-dealkylation sites (tertiary alicyclic amines) is 1. The molecule has 0 aromatic heterocycles. The lowest BCUT2D eigenvalue weighted by Crippen LogP contribution is -2.40. The van der Waals surface area contributed by atoms with E-state index in [1.807, 2.05) is 0 Å². The lowest BCUT2D eigenvalue weighted by atomic mass is 10.1. The molecule has 0 bridgehead atoms. The molecule has 134 valence electrons. The first-order chi connectivity index (χ1) is 11.2. The van der Waals surface area contributed by atoms with Gasteiger partial charge in [-0.15, -0.1) is 24.0 Å². The molecule has 0 spiro atoms. The summed E-state index contributed by atoms with van der Waals surface area (Å²) < 4.78 is 26.8. The Morgan fingerprint density at radius 2 is 2.04 bits per heavy atom. The molecule has 1 saturated carbocycles. The van der Waals surface area contributed by atoms with Gasteiger partial charge in [-0.25, -0.2) is 8.78 Å². The fourth-order valence-corrected chi connectivity index (χ4v) is 3.12. The van der Waals surface area contributed by atoms with E-state index in [0.29, 0.717) is 17.4 Å². The third-order valence-electron chi connectivity index (χ3n) is 4.62. The summed E-state index contributed by atoms with van der Waals surface area (Å²) in [6.45, 7) is 3.40. The highest BCUT2D eigenvalue weighted by Gasteiger charge is 2.34. The maximum atomic E-state index is 13.6. The summed E-state index contributed by atoms with van der Waals surface area (Å²) in [6.07, 6.45) is 3.91. The standard InChI is InChI=1S/C17H24F2N4.HI/c1-20-17(22-10-13-8-14(18)2-5-16(13)19)21-9-12-6-7-23(11-12)15-3-4-15;/h2,5,8,12,15H,3-4,6-7,9-11H2,1H3,(H2,20,21,22);1H. The second-order valence-corrected chi connectivity index (χ2v) is 6.42. The van der Waals surface area contributed by atoms with Gasteiger partial charge in [-0.2, -0.15) is 0 Å². The summed E-state index contributed by atoms with van der Waals surface area (Å²) >= 11 is 0. The van der Waals surface area contributed by atoms with Crippen LogP contribution >= 0.6 is 24.0 Å². The second kappa shape index (κ2) is 8.94. The minimum Gasteiger partial charge on any atom is -0.356 e. The number of guanidine groups is 1. The molecule has 1 heterocycles. The first-order valence-corrected chi connectivity index (χ1v) is 8.28. The van der Waals surface area contributed by atoms with Crippen LogP contribution in [0.5, 0.6) is 0 Å². The molecule has 1 atom stereocenters. The Balaban J connectivity index is 0.00000208. The van der Waals surface area contributed by atoms with Gasteiger partial charge in [0.2, 0.25) is 0 Å². The molecule has 1 aromatic rings. The zero-order valence-corrected chi connectivity index (χ0v) is 16.2. The highest BCUT2D eigenvalue weighted by Crippen LogP contribution is 2.31. The fourth-order valence-electron chi connectivity index (χ4n) is 3.12. The number of aliphatic imine (C=N–C) groups is 1. The Morgan fingerprint density at radius 3 is 2.75 bits per heavy atom. The van der Waals surface area contributed by atoms with Crippen LogP contribution in [-0.4, -0.2) is 43.6 Å². The average molecular weight is 450 g/mol. The van der Waals surface area contributed by atoms with E-state index in [0.717, 1.165) is 31.3 Å². The summed E-state index contributed by atoms with van der Waals surface area (Å²) in [5, 5.41) is 6.33. The molecule has 0 radical (unpaired) electrons. The highest BCUT2D eigenvalue weighted by molar-refractivity contribution is 14.0. The van der Waals surface area contributed by atoms with Crippen LogP contribution in [-0.2, 0) is 6.54 Å². The van der Waals surface area contributed by atoms with Crippen LogP contribution in [0.15, 0.2) is 23.2 Å². The number of halogens is 3. The van der Waals surface area contributed by atoms with Gasteiger partial charge < -0.3 is 15.5 Å². The summed E-state index contributed by atoms with van der Waals surface area (Å²) in [4.78, 5) is 6.72. The van der Waals surface area contributed by atoms with Crippen molar-refractivity contribution in [2.75, 3.05) is 26.7 Å². The van der Waals surface area contributed by atoms with E-state index < -0.39 is 11.6 Å². The van der Waals surface area contributed by atoms with Crippen molar-refractivity contribution in [2.45, 2.75) is 31.8 Å². The summed E-state index contributed by atoms with van der Waals surface area (Å²) in [5.74, 6) is 0.404. The lowest BCUT2D eigenvalue weighted by molar-refractivity contribution is 0.314. The third kappa shape index (κ3) is 5.27. The van der Waals surface area contributed by atoms with Gasteiger partial charge in [-0.3, -0.25) is 4.99 Å². The van der Waals surface area contributed by atoms with E-state index in [1.54, 1.807) is 7.05 Å². The number of hydrogen-bond donors (Lipinski definition) is 2. The van der Waals surface area contributed by atoms with E-state index in [9.17, 15) is 8.78 Å². The fraction of sp³-hybridized carbons (Fsp3) is 0.588. The quantitative estimate of drug-likeness (QED) is 0.412. The normalized spacial score (nSPS) is 21.5. The predicted octanol–water partition coefficient (Wildman–Crippen LogP) is 2.73. The average Bonchev–Trinajstić information content (AvgIpc) is 3.29. The van der Waals surface area contributed by atoms with Gasteiger partial charge in [0.05, 0.1) is 0 Å².